The van der Waals surface area contributed by atoms with Gasteiger partial charge in [0.1, 0.15) is 0 Å². The summed E-state index contributed by atoms with van der Waals surface area (Å²) in [4.78, 5) is 2.19. The first kappa shape index (κ1) is 9.92. The molecule has 0 fully saturated rings. The van der Waals surface area contributed by atoms with E-state index in [9.17, 15) is 0 Å². The van der Waals surface area contributed by atoms with Crippen molar-refractivity contribution in [3.8, 4) is 0 Å². The van der Waals surface area contributed by atoms with E-state index in [-0.39, 0.29) is 5.54 Å². The number of nitrogens with two attached hydrogens (primary N) is 1. The summed E-state index contributed by atoms with van der Waals surface area (Å²) in [7, 11) is 4.17. The van der Waals surface area contributed by atoms with E-state index in [1.807, 2.05) is 0 Å². The lowest BCUT2D eigenvalue weighted by molar-refractivity contribution is 0.361. The maximum atomic E-state index is 5.80. The molecule has 0 atom stereocenters. The van der Waals surface area contributed by atoms with Gasteiger partial charge in [-0.1, -0.05) is 0 Å². The molecule has 10 heavy (non-hydrogen) atoms. The second-order valence-electron chi connectivity index (χ2n) is 3.90. The molecule has 62 valence electrons. The molecule has 0 amide bonds. The minimum atomic E-state index is 0.00993. The van der Waals surface area contributed by atoms with Gasteiger partial charge in [0.05, 0.1) is 0 Å². The summed E-state index contributed by atoms with van der Waals surface area (Å²) in [6.45, 7) is 5.28. The number of rotatable bonds is 4. The Balaban J connectivity index is 3.21. The van der Waals surface area contributed by atoms with E-state index in [0.717, 1.165) is 13.0 Å². The Hall–Kier alpha value is -0.0800. The van der Waals surface area contributed by atoms with Crippen LogP contribution in [0.15, 0.2) is 0 Å². The topological polar surface area (TPSA) is 29.3 Å². The van der Waals surface area contributed by atoms with Crippen LogP contribution in [0.2, 0.25) is 0 Å². The van der Waals surface area contributed by atoms with Crippen LogP contribution in [0.25, 0.3) is 0 Å². The summed E-state index contributed by atoms with van der Waals surface area (Å²) in [6.07, 6.45) is 2.29. The van der Waals surface area contributed by atoms with Crippen LogP contribution >= 0.6 is 0 Å². The largest absolute Gasteiger partial charge is 0.326 e. The SMILES string of the molecule is CN(C)CCCC(C)(C)N. The summed E-state index contributed by atoms with van der Waals surface area (Å²) in [5.74, 6) is 0. The Morgan fingerprint density at radius 1 is 1.30 bits per heavy atom. The molecule has 0 heterocycles. The van der Waals surface area contributed by atoms with E-state index in [2.05, 4.69) is 32.8 Å². The van der Waals surface area contributed by atoms with Gasteiger partial charge in [0, 0.05) is 5.54 Å². The third-order valence-corrected chi connectivity index (χ3v) is 1.43. The van der Waals surface area contributed by atoms with Crippen LogP contribution in [0.4, 0.5) is 0 Å². The van der Waals surface area contributed by atoms with Crippen molar-refractivity contribution in [2.45, 2.75) is 32.2 Å². The summed E-state index contributed by atoms with van der Waals surface area (Å²) < 4.78 is 0. The lowest BCUT2D eigenvalue weighted by Gasteiger charge is -2.19. The van der Waals surface area contributed by atoms with Gasteiger partial charge in [-0.2, -0.15) is 0 Å². The lowest BCUT2D eigenvalue weighted by Crippen LogP contribution is -2.32. The lowest BCUT2D eigenvalue weighted by atomic mass is 10.0. The number of nitrogens with zero attached hydrogens (tertiary/aromatic N) is 1. The van der Waals surface area contributed by atoms with Gasteiger partial charge in [-0.25, -0.2) is 0 Å². The fourth-order valence-corrected chi connectivity index (χ4v) is 0.851. The van der Waals surface area contributed by atoms with Crippen LogP contribution in [0.5, 0.6) is 0 Å². The van der Waals surface area contributed by atoms with Gasteiger partial charge in [-0.05, 0) is 47.3 Å². The fraction of sp³-hybridized carbons (Fsp3) is 1.00. The molecule has 0 radical (unpaired) electrons. The van der Waals surface area contributed by atoms with E-state index in [1.165, 1.54) is 6.42 Å². The highest BCUT2D eigenvalue weighted by atomic mass is 15.0. The van der Waals surface area contributed by atoms with Gasteiger partial charge in [0.15, 0.2) is 0 Å². The molecule has 0 spiro atoms. The first-order valence-electron chi connectivity index (χ1n) is 3.85. The van der Waals surface area contributed by atoms with Gasteiger partial charge in [-0.15, -0.1) is 0 Å². The molecule has 0 aromatic rings. The minimum absolute atomic E-state index is 0.00993. The molecule has 0 aromatic carbocycles. The molecule has 0 aliphatic heterocycles. The van der Waals surface area contributed by atoms with Crippen molar-refractivity contribution in [2.75, 3.05) is 20.6 Å². The first-order valence-corrected chi connectivity index (χ1v) is 3.85. The predicted octanol–water partition coefficient (Wildman–Crippen LogP) is 1.07. The van der Waals surface area contributed by atoms with Crippen molar-refractivity contribution in [3.63, 3.8) is 0 Å². The van der Waals surface area contributed by atoms with Crippen LogP contribution in [-0.2, 0) is 0 Å². The standard InChI is InChI=1S/C8H20N2/c1-8(2,9)6-5-7-10(3)4/h5-7,9H2,1-4H3. The molecule has 0 unspecified atom stereocenters. The number of hydrogen-bond donors (Lipinski definition) is 1. The minimum Gasteiger partial charge on any atom is -0.326 e. The van der Waals surface area contributed by atoms with Crippen LogP contribution < -0.4 is 5.73 Å². The van der Waals surface area contributed by atoms with Gasteiger partial charge < -0.3 is 10.6 Å². The van der Waals surface area contributed by atoms with Crippen molar-refractivity contribution >= 4 is 0 Å². The summed E-state index contributed by atoms with van der Waals surface area (Å²) in [6, 6.07) is 0. The van der Waals surface area contributed by atoms with Gasteiger partial charge in [0.2, 0.25) is 0 Å². The zero-order chi connectivity index (χ0) is 8.20. The highest BCUT2D eigenvalue weighted by Crippen LogP contribution is 2.06. The molecular formula is C8H20N2. The molecule has 2 N–H and O–H groups in total. The molecule has 0 aromatic heterocycles. The Morgan fingerprint density at radius 3 is 2.10 bits per heavy atom. The quantitative estimate of drug-likeness (QED) is 0.639. The van der Waals surface area contributed by atoms with E-state index in [1.54, 1.807) is 0 Å². The Kier molecular flexibility index (Phi) is 3.91. The van der Waals surface area contributed by atoms with Crippen molar-refractivity contribution in [2.24, 2.45) is 5.73 Å². The molecule has 0 rings (SSSR count). The fourth-order valence-electron chi connectivity index (χ4n) is 0.851. The molecule has 0 saturated carbocycles. The molecule has 0 aliphatic rings. The maximum absolute atomic E-state index is 5.80. The summed E-state index contributed by atoms with van der Waals surface area (Å²) in [5.41, 5.74) is 5.81. The molecule has 0 aliphatic carbocycles. The monoisotopic (exact) mass is 144 g/mol. The normalized spacial score (nSPS) is 12.6. The van der Waals surface area contributed by atoms with Crippen LogP contribution in [0, 0.1) is 0 Å². The summed E-state index contributed by atoms with van der Waals surface area (Å²) in [5, 5.41) is 0. The average molecular weight is 144 g/mol. The average Bonchev–Trinajstić information content (AvgIpc) is 1.59. The van der Waals surface area contributed by atoms with Crippen molar-refractivity contribution in [1.82, 2.24) is 4.90 Å². The van der Waals surface area contributed by atoms with E-state index >= 15 is 0 Å². The highest BCUT2D eigenvalue weighted by molar-refractivity contribution is 4.71. The molecule has 2 nitrogen and oxygen atoms in total. The van der Waals surface area contributed by atoms with Crippen molar-refractivity contribution < 1.29 is 0 Å². The van der Waals surface area contributed by atoms with Crippen LogP contribution in [0.3, 0.4) is 0 Å². The van der Waals surface area contributed by atoms with Gasteiger partial charge in [-0.3, -0.25) is 0 Å². The zero-order valence-electron chi connectivity index (χ0n) is 7.65. The van der Waals surface area contributed by atoms with E-state index in [4.69, 9.17) is 5.73 Å². The zero-order valence-corrected chi connectivity index (χ0v) is 7.65. The van der Waals surface area contributed by atoms with Crippen LogP contribution in [0.1, 0.15) is 26.7 Å². The second kappa shape index (κ2) is 3.94. The second-order valence-corrected chi connectivity index (χ2v) is 3.90. The predicted molar refractivity (Wildman–Crippen MR) is 46.1 cm³/mol. The Bertz CT molecular complexity index is 81.7. The van der Waals surface area contributed by atoms with E-state index < -0.39 is 0 Å². The van der Waals surface area contributed by atoms with Crippen molar-refractivity contribution in [1.29, 1.82) is 0 Å². The van der Waals surface area contributed by atoms with Crippen molar-refractivity contribution in [3.05, 3.63) is 0 Å². The first-order chi connectivity index (χ1) is 4.42. The Morgan fingerprint density at radius 2 is 1.80 bits per heavy atom. The smallest absolute Gasteiger partial charge is 0.00975 e. The highest BCUT2D eigenvalue weighted by Gasteiger charge is 2.08. The van der Waals surface area contributed by atoms with Crippen LogP contribution in [-0.4, -0.2) is 31.1 Å². The maximum Gasteiger partial charge on any atom is 0.00975 e. The Labute approximate surface area is 64.4 Å². The van der Waals surface area contributed by atoms with E-state index in [0.29, 0.717) is 0 Å². The molecule has 2 heteroatoms. The molecular weight excluding hydrogens is 124 g/mol. The number of hydrogen-bond acceptors (Lipinski definition) is 2. The third kappa shape index (κ3) is 7.92. The van der Waals surface area contributed by atoms with Gasteiger partial charge >= 0.3 is 0 Å². The molecule has 0 saturated heterocycles. The summed E-state index contributed by atoms with van der Waals surface area (Å²) >= 11 is 0. The molecule has 0 bridgehead atoms. The van der Waals surface area contributed by atoms with Gasteiger partial charge in [0.25, 0.3) is 0 Å². The third-order valence-electron chi connectivity index (χ3n) is 1.43.